The summed E-state index contributed by atoms with van der Waals surface area (Å²) in [5, 5.41) is 28.1. The first kappa shape index (κ1) is 47.8. The van der Waals surface area contributed by atoms with Crippen molar-refractivity contribution >= 4 is 41.7 Å². The maximum absolute atomic E-state index is 15.0. The normalized spacial score (nSPS) is 32.5. The second-order valence-corrected chi connectivity index (χ2v) is 18.8. The van der Waals surface area contributed by atoms with Gasteiger partial charge in [0.25, 0.3) is 0 Å². The minimum absolute atomic E-state index is 0.0471. The van der Waals surface area contributed by atoms with Crippen LogP contribution in [0.5, 0.6) is 0 Å². The molecule has 0 aromatic heterocycles. The highest BCUT2D eigenvalue weighted by molar-refractivity contribution is 6.40. The zero-order valence-corrected chi connectivity index (χ0v) is 37.2. The van der Waals surface area contributed by atoms with E-state index < -0.39 is 130 Å². The van der Waals surface area contributed by atoms with E-state index in [4.69, 9.17) is 33.2 Å². The number of fused-ring (bicyclic) bond motifs is 5. The predicted octanol–water partition coefficient (Wildman–Crippen LogP) is 4.75. The smallest absolute Gasteiger partial charge is 0.459 e. The Morgan fingerprint density at radius 3 is 2.17 bits per heavy atom. The van der Waals surface area contributed by atoms with Gasteiger partial charge >= 0.3 is 30.2 Å². The fourth-order valence-electron chi connectivity index (χ4n) is 10.2. The van der Waals surface area contributed by atoms with Crippen LogP contribution in [0.1, 0.15) is 90.2 Å². The van der Waals surface area contributed by atoms with E-state index in [-0.39, 0.29) is 30.8 Å². The molecule has 2 aromatic carbocycles. The molecule has 1 heterocycles. The molecule has 6 rings (SSSR count). The first-order chi connectivity index (χ1) is 29.9. The number of hydrogen-bond donors (Lipinski definition) is 3. The number of carbonyl (C=O) groups excluding carboxylic acids is 7. The number of amides is 1. The molecule has 2 bridgehead atoms. The molecule has 12 atom stereocenters. The standard InChI is InChI=1S/C47H57NO16/c1-10-21-58-42(56)61-35(33(27-17-13-11-14-18-27)48-41(55)64-43(4,5)6)40(54)60-29-23-47(57)38(62-39(53)28-19-15-12-16-20-28)36-45(9,37(52)34(51)32(25(29)2)44(47,7)8)30(50)22-31-46(36,24-59-31)63-26(3)49/h10-20,25,29-33,35-36,38,50,57H,1,21-24H2,2-9H3,(H,48,55)/t25?,29-,30?,31+,32?,33-,35+,36-,38-,45+,46-,47+/m0/s1. The number of hydrogen-bond acceptors (Lipinski definition) is 16. The van der Waals surface area contributed by atoms with Gasteiger partial charge in [-0.2, -0.15) is 0 Å². The van der Waals surface area contributed by atoms with Crippen LogP contribution in [0.3, 0.4) is 0 Å². The van der Waals surface area contributed by atoms with Gasteiger partial charge in [0.05, 0.1) is 29.6 Å². The number of aliphatic hydroxyl groups is 2. The quantitative estimate of drug-likeness (QED) is 0.119. The minimum Gasteiger partial charge on any atom is -0.459 e. The second-order valence-electron chi connectivity index (χ2n) is 18.8. The van der Waals surface area contributed by atoms with Crippen LogP contribution in [0.25, 0.3) is 0 Å². The maximum Gasteiger partial charge on any atom is 0.509 e. The molecular formula is C47H57NO16. The lowest BCUT2D eigenvalue weighted by atomic mass is 9.42. The summed E-state index contributed by atoms with van der Waals surface area (Å²) in [6.07, 6.45) is -9.91. The molecule has 3 aliphatic carbocycles. The summed E-state index contributed by atoms with van der Waals surface area (Å²) in [5.74, 6) is -9.30. The number of carbonyl (C=O) groups is 7. The predicted molar refractivity (Wildman–Crippen MR) is 223 cm³/mol. The lowest BCUT2D eigenvalue weighted by Crippen LogP contribution is -2.82. The molecule has 0 spiro atoms. The third-order valence-electron chi connectivity index (χ3n) is 13.4. The van der Waals surface area contributed by atoms with Gasteiger partial charge < -0.3 is 48.7 Å². The summed E-state index contributed by atoms with van der Waals surface area (Å²) in [4.78, 5) is 98.5. The highest BCUT2D eigenvalue weighted by Gasteiger charge is 2.79. The number of ketones is 2. The summed E-state index contributed by atoms with van der Waals surface area (Å²) >= 11 is 0. The van der Waals surface area contributed by atoms with Crippen molar-refractivity contribution in [2.24, 2.45) is 28.6 Å². The molecule has 17 heteroatoms. The molecule has 0 radical (unpaired) electrons. The molecule has 3 N–H and O–H groups in total. The van der Waals surface area contributed by atoms with Crippen molar-refractivity contribution in [2.45, 2.75) is 122 Å². The SMILES string of the molecule is C=CCOC(=O)O[C@@H](C(=O)O[C@H]1C[C@@]2(O)[C@@H](OC(=O)c3ccccc3)[C@@H]3[C@]4(OC(C)=O)CO[C@@H]4CC(O)[C@@]3(C)C(=O)C(=O)C(C1C)C2(C)C)[C@@H](NC(=O)OC(C)(C)C)c1ccccc1. The van der Waals surface area contributed by atoms with Gasteiger partial charge in [0.1, 0.15) is 42.2 Å². The number of rotatable bonds is 11. The fourth-order valence-corrected chi connectivity index (χ4v) is 10.2. The average molecular weight is 892 g/mol. The highest BCUT2D eigenvalue weighted by atomic mass is 16.7. The molecule has 3 unspecified atom stereocenters. The van der Waals surface area contributed by atoms with Crippen LogP contribution in [0.2, 0.25) is 0 Å². The van der Waals surface area contributed by atoms with Crippen molar-refractivity contribution in [3.05, 3.63) is 84.4 Å². The number of esters is 3. The fraction of sp³-hybridized carbons (Fsp3) is 0.553. The summed E-state index contributed by atoms with van der Waals surface area (Å²) in [6.45, 7) is 14.8. The van der Waals surface area contributed by atoms with Gasteiger partial charge in [-0.05, 0) is 45.4 Å². The molecule has 4 aliphatic rings. The van der Waals surface area contributed by atoms with Crippen LogP contribution >= 0.6 is 0 Å². The molecule has 64 heavy (non-hydrogen) atoms. The number of ether oxygens (including phenoxy) is 7. The summed E-state index contributed by atoms with van der Waals surface area (Å²) in [7, 11) is 0. The molecule has 1 amide bonds. The van der Waals surface area contributed by atoms with Gasteiger partial charge in [-0.1, -0.05) is 82.0 Å². The number of benzene rings is 2. The van der Waals surface area contributed by atoms with Crippen LogP contribution in [-0.4, -0.2) is 112 Å². The molecule has 4 fully saturated rings. The van der Waals surface area contributed by atoms with Crippen molar-refractivity contribution < 1.29 is 76.9 Å². The van der Waals surface area contributed by atoms with Crippen molar-refractivity contribution in [2.75, 3.05) is 13.2 Å². The number of aliphatic hydroxyl groups excluding tert-OH is 1. The van der Waals surface area contributed by atoms with Gasteiger partial charge in [0, 0.05) is 37.0 Å². The Morgan fingerprint density at radius 2 is 1.61 bits per heavy atom. The van der Waals surface area contributed by atoms with Crippen molar-refractivity contribution in [3.63, 3.8) is 0 Å². The van der Waals surface area contributed by atoms with Gasteiger partial charge in [0.2, 0.25) is 17.7 Å². The topological polar surface area (TPSA) is 237 Å². The van der Waals surface area contributed by atoms with E-state index in [1.165, 1.54) is 45.9 Å². The maximum atomic E-state index is 15.0. The number of alkyl carbamates (subject to hydrolysis) is 1. The number of nitrogens with one attached hydrogen (secondary N) is 1. The Balaban J connectivity index is 1.50. The van der Waals surface area contributed by atoms with E-state index >= 15 is 4.79 Å². The third kappa shape index (κ3) is 8.52. The number of Topliss-reactive ketones (excluding diaryl/α,β-unsaturated/α-hetero) is 2. The van der Waals surface area contributed by atoms with Crippen LogP contribution in [0, 0.1) is 28.6 Å². The molecule has 346 valence electrons. The Hall–Kier alpha value is -5.65. The van der Waals surface area contributed by atoms with Crippen LogP contribution < -0.4 is 5.32 Å². The first-order valence-electron chi connectivity index (χ1n) is 21.2. The van der Waals surface area contributed by atoms with E-state index in [1.54, 1.807) is 69.3 Å². The third-order valence-corrected chi connectivity index (χ3v) is 13.4. The molecular weight excluding hydrogens is 835 g/mol. The van der Waals surface area contributed by atoms with Gasteiger partial charge in [-0.25, -0.2) is 19.2 Å². The monoisotopic (exact) mass is 891 g/mol. The van der Waals surface area contributed by atoms with E-state index in [2.05, 4.69) is 11.9 Å². The minimum atomic E-state index is -2.43. The Morgan fingerprint density at radius 1 is 0.984 bits per heavy atom. The molecule has 17 nitrogen and oxygen atoms in total. The van der Waals surface area contributed by atoms with Gasteiger partial charge in [-0.15, -0.1) is 0 Å². The summed E-state index contributed by atoms with van der Waals surface area (Å²) in [6, 6.07) is 14.3. The first-order valence-corrected chi connectivity index (χ1v) is 21.2. The molecule has 2 aromatic rings. The Labute approximate surface area is 371 Å². The van der Waals surface area contributed by atoms with Gasteiger partial charge in [-0.3, -0.25) is 14.4 Å². The highest BCUT2D eigenvalue weighted by Crippen LogP contribution is 2.64. The van der Waals surface area contributed by atoms with Gasteiger partial charge in [0.15, 0.2) is 5.60 Å². The van der Waals surface area contributed by atoms with E-state index in [0.717, 1.165) is 6.92 Å². The second kappa shape index (κ2) is 17.7. The lowest BCUT2D eigenvalue weighted by Gasteiger charge is -2.67. The molecule has 1 aliphatic heterocycles. The molecule has 3 saturated carbocycles. The Bertz CT molecular complexity index is 2150. The van der Waals surface area contributed by atoms with E-state index in [1.807, 2.05) is 0 Å². The van der Waals surface area contributed by atoms with Crippen LogP contribution in [-0.2, 0) is 52.3 Å². The summed E-state index contributed by atoms with van der Waals surface area (Å²) in [5.41, 5.74) is -8.71. The van der Waals surface area contributed by atoms with E-state index in [9.17, 15) is 39.0 Å². The Kier molecular flexibility index (Phi) is 13.2. The van der Waals surface area contributed by atoms with Crippen molar-refractivity contribution in [3.8, 4) is 0 Å². The largest absolute Gasteiger partial charge is 0.509 e. The average Bonchev–Trinajstić information content (AvgIpc) is 3.22. The van der Waals surface area contributed by atoms with Crippen molar-refractivity contribution in [1.29, 1.82) is 0 Å². The van der Waals surface area contributed by atoms with Crippen LogP contribution in [0.15, 0.2) is 73.3 Å². The lowest BCUT2D eigenvalue weighted by molar-refractivity contribution is -0.350. The molecule has 1 saturated heterocycles. The summed E-state index contributed by atoms with van der Waals surface area (Å²) < 4.78 is 40.5. The van der Waals surface area contributed by atoms with Crippen LogP contribution in [0.4, 0.5) is 9.59 Å². The van der Waals surface area contributed by atoms with Crippen molar-refractivity contribution in [1.82, 2.24) is 5.32 Å². The zero-order valence-electron chi connectivity index (χ0n) is 37.2. The zero-order chi connectivity index (χ0) is 47.2. The van der Waals surface area contributed by atoms with E-state index in [0.29, 0.717) is 0 Å².